The van der Waals surface area contributed by atoms with Gasteiger partial charge in [-0.2, -0.15) is 0 Å². The molecule has 5 heteroatoms. The molecule has 0 aromatic heterocycles. The highest BCUT2D eigenvalue weighted by Crippen LogP contribution is 2.06. The molecule has 0 aliphatic carbocycles. The van der Waals surface area contributed by atoms with Gasteiger partial charge in [-0.15, -0.1) is 0 Å². The summed E-state index contributed by atoms with van der Waals surface area (Å²) >= 11 is 0. The summed E-state index contributed by atoms with van der Waals surface area (Å²) in [5.74, 6) is 1.07. The Hall–Kier alpha value is -0.650. The molecule has 2 unspecified atom stereocenters. The largest absolute Gasteiger partial charge is 0.396 e. The zero-order chi connectivity index (χ0) is 12.3. The van der Waals surface area contributed by atoms with Crippen LogP contribution in [0.15, 0.2) is 0 Å². The fraction of sp³-hybridized carbons (Fsp3) is 0.900. The van der Waals surface area contributed by atoms with E-state index in [1.807, 2.05) is 6.92 Å². The van der Waals surface area contributed by atoms with Crippen molar-refractivity contribution in [3.63, 3.8) is 0 Å². The molecule has 0 bridgehead atoms. The molecule has 5 nitrogen and oxygen atoms in total. The Morgan fingerprint density at radius 3 is 2.13 bits per heavy atom. The van der Waals surface area contributed by atoms with Gasteiger partial charge in [0.2, 0.25) is 6.41 Å². The Morgan fingerprint density at radius 2 is 1.93 bits per heavy atom. The van der Waals surface area contributed by atoms with E-state index in [-0.39, 0.29) is 13.1 Å². The Balaban J connectivity index is 0. The summed E-state index contributed by atoms with van der Waals surface area (Å²) in [7, 11) is 0. The smallest absolute Gasteiger partial charge is 0.207 e. The van der Waals surface area contributed by atoms with Crippen LogP contribution in [0.4, 0.5) is 0 Å². The van der Waals surface area contributed by atoms with Gasteiger partial charge >= 0.3 is 0 Å². The van der Waals surface area contributed by atoms with E-state index in [0.29, 0.717) is 24.9 Å². The number of rotatable bonds is 6. The SMILES string of the molecule is CC(C)C(C)CO.NCC(O)CNC=O. The normalized spacial score (nSPS) is 13.8. The van der Waals surface area contributed by atoms with Crippen LogP contribution in [-0.2, 0) is 4.79 Å². The van der Waals surface area contributed by atoms with Crippen molar-refractivity contribution >= 4 is 6.41 Å². The molecule has 0 aliphatic rings. The Kier molecular flexibility index (Phi) is 12.8. The molecule has 0 spiro atoms. The molecular formula is C10H24N2O3. The molecule has 0 radical (unpaired) electrons. The molecule has 0 aromatic rings. The predicted octanol–water partition coefficient (Wildman–Crippen LogP) is -0.677. The van der Waals surface area contributed by atoms with Gasteiger partial charge in [-0.3, -0.25) is 4.79 Å². The molecular weight excluding hydrogens is 196 g/mol. The zero-order valence-electron chi connectivity index (χ0n) is 9.81. The maximum absolute atomic E-state index is 9.56. The maximum Gasteiger partial charge on any atom is 0.207 e. The quantitative estimate of drug-likeness (QED) is 0.446. The van der Waals surface area contributed by atoms with Gasteiger partial charge in [0, 0.05) is 19.7 Å². The lowest BCUT2D eigenvalue weighted by atomic mass is 10.00. The first-order valence-electron chi connectivity index (χ1n) is 5.15. The number of hydrogen-bond acceptors (Lipinski definition) is 4. The second-order valence-electron chi connectivity index (χ2n) is 3.82. The summed E-state index contributed by atoms with van der Waals surface area (Å²) in [4.78, 5) is 9.56. The summed E-state index contributed by atoms with van der Waals surface area (Å²) < 4.78 is 0. The van der Waals surface area contributed by atoms with Crippen LogP contribution in [0, 0.1) is 11.8 Å². The lowest BCUT2D eigenvalue weighted by Gasteiger charge is -2.09. The summed E-state index contributed by atoms with van der Waals surface area (Å²) in [5, 5.41) is 19.4. The standard InChI is InChI=1S/C6H14O.C4H10N2O2/c1-5(2)6(3)4-7;5-1-4(8)2-6-3-7/h5-7H,4H2,1-3H3;3-4,8H,1-2,5H2,(H,6,7). The molecule has 0 saturated carbocycles. The molecule has 5 N–H and O–H groups in total. The van der Waals surface area contributed by atoms with Crippen molar-refractivity contribution in [2.45, 2.75) is 26.9 Å². The highest BCUT2D eigenvalue weighted by Gasteiger charge is 2.02. The minimum absolute atomic E-state index is 0.181. The molecule has 0 aromatic carbocycles. The fourth-order valence-electron chi connectivity index (χ4n) is 0.478. The summed E-state index contributed by atoms with van der Waals surface area (Å²) in [6, 6.07) is 0. The molecule has 15 heavy (non-hydrogen) atoms. The molecule has 0 saturated heterocycles. The van der Waals surface area contributed by atoms with Crippen molar-refractivity contribution in [2.75, 3.05) is 19.7 Å². The van der Waals surface area contributed by atoms with E-state index >= 15 is 0 Å². The van der Waals surface area contributed by atoms with E-state index in [1.165, 1.54) is 0 Å². The third kappa shape index (κ3) is 13.3. The molecule has 92 valence electrons. The number of carbonyl (C=O) groups excluding carboxylic acids is 1. The minimum Gasteiger partial charge on any atom is -0.396 e. The molecule has 2 atom stereocenters. The van der Waals surface area contributed by atoms with Gasteiger partial charge in [0.25, 0.3) is 0 Å². The molecule has 1 amide bonds. The van der Waals surface area contributed by atoms with E-state index in [9.17, 15) is 4.79 Å². The van der Waals surface area contributed by atoms with E-state index < -0.39 is 6.10 Å². The van der Waals surface area contributed by atoms with Crippen LogP contribution in [0.2, 0.25) is 0 Å². The van der Waals surface area contributed by atoms with Crippen molar-refractivity contribution < 1.29 is 15.0 Å². The van der Waals surface area contributed by atoms with Gasteiger partial charge in [-0.25, -0.2) is 0 Å². The van der Waals surface area contributed by atoms with Gasteiger partial charge < -0.3 is 21.3 Å². The summed E-state index contributed by atoms with van der Waals surface area (Å²) in [6.07, 6.45) is -0.0843. The van der Waals surface area contributed by atoms with E-state index in [2.05, 4.69) is 19.2 Å². The fourth-order valence-corrected chi connectivity index (χ4v) is 0.478. The molecule has 0 fully saturated rings. The van der Waals surface area contributed by atoms with Crippen LogP contribution >= 0.6 is 0 Å². The first-order valence-corrected chi connectivity index (χ1v) is 5.15. The summed E-state index contributed by atoms with van der Waals surface area (Å²) in [6.45, 7) is 7.00. The number of nitrogens with two attached hydrogens (primary N) is 1. The minimum atomic E-state index is -0.611. The molecule has 0 rings (SSSR count). The second kappa shape index (κ2) is 11.4. The Labute approximate surface area is 91.7 Å². The van der Waals surface area contributed by atoms with E-state index in [4.69, 9.17) is 15.9 Å². The lowest BCUT2D eigenvalue weighted by molar-refractivity contribution is -0.109. The Bertz CT molecular complexity index is 143. The molecule has 0 heterocycles. The average Bonchev–Trinajstić information content (AvgIpc) is 2.25. The second-order valence-corrected chi connectivity index (χ2v) is 3.82. The van der Waals surface area contributed by atoms with Gasteiger partial charge in [0.15, 0.2) is 0 Å². The zero-order valence-corrected chi connectivity index (χ0v) is 9.81. The first-order chi connectivity index (χ1) is 6.99. The van der Waals surface area contributed by atoms with Crippen LogP contribution in [0.25, 0.3) is 0 Å². The average molecular weight is 220 g/mol. The molecule has 0 aliphatic heterocycles. The van der Waals surface area contributed by atoms with Crippen LogP contribution in [0.1, 0.15) is 20.8 Å². The Morgan fingerprint density at radius 1 is 1.40 bits per heavy atom. The monoisotopic (exact) mass is 220 g/mol. The third-order valence-corrected chi connectivity index (χ3v) is 2.13. The van der Waals surface area contributed by atoms with Crippen molar-refractivity contribution in [1.82, 2.24) is 5.32 Å². The van der Waals surface area contributed by atoms with Gasteiger partial charge in [-0.05, 0) is 11.8 Å². The highest BCUT2D eigenvalue weighted by molar-refractivity contribution is 5.45. The van der Waals surface area contributed by atoms with Crippen molar-refractivity contribution in [3.8, 4) is 0 Å². The van der Waals surface area contributed by atoms with Crippen molar-refractivity contribution in [2.24, 2.45) is 17.6 Å². The van der Waals surface area contributed by atoms with Crippen LogP contribution in [0.3, 0.4) is 0 Å². The number of nitrogens with one attached hydrogen (secondary N) is 1. The number of aliphatic hydroxyl groups excluding tert-OH is 2. The first kappa shape index (κ1) is 16.8. The third-order valence-electron chi connectivity index (χ3n) is 2.13. The number of amides is 1. The number of carbonyl (C=O) groups is 1. The number of hydrogen-bond donors (Lipinski definition) is 4. The topological polar surface area (TPSA) is 95.6 Å². The van der Waals surface area contributed by atoms with E-state index in [0.717, 1.165) is 0 Å². The van der Waals surface area contributed by atoms with Gasteiger partial charge in [0.1, 0.15) is 0 Å². The van der Waals surface area contributed by atoms with Crippen LogP contribution in [-0.4, -0.2) is 42.4 Å². The van der Waals surface area contributed by atoms with Crippen LogP contribution < -0.4 is 11.1 Å². The van der Waals surface area contributed by atoms with Gasteiger partial charge in [0.05, 0.1) is 6.10 Å². The van der Waals surface area contributed by atoms with Crippen molar-refractivity contribution in [3.05, 3.63) is 0 Å². The number of aliphatic hydroxyl groups is 2. The lowest BCUT2D eigenvalue weighted by Crippen LogP contribution is -2.31. The van der Waals surface area contributed by atoms with E-state index in [1.54, 1.807) is 0 Å². The van der Waals surface area contributed by atoms with Gasteiger partial charge in [-0.1, -0.05) is 20.8 Å². The summed E-state index contributed by atoms with van der Waals surface area (Å²) in [5.41, 5.74) is 5.01. The predicted molar refractivity (Wildman–Crippen MR) is 60.2 cm³/mol. The van der Waals surface area contributed by atoms with Crippen molar-refractivity contribution in [1.29, 1.82) is 0 Å². The van der Waals surface area contributed by atoms with Crippen LogP contribution in [0.5, 0.6) is 0 Å². The maximum atomic E-state index is 9.56. The highest BCUT2D eigenvalue weighted by atomic mass is 16.3.